The molecule has 0 aromatic carbocycles. The van der Waals surface area contributed by atoms with Crippen LogP contribution in [0.5, 0.6) is 0 Å². The molecule has 86 valence electrons. The van der Waals surface area contributed by atoms with Crippen LogP contribution in [-0.2, 0) is 0 Å². The summed E-state index contributed by atoms with van der Waals surface area (Å²) < 4.78 is 0. The second kappa shape index (κ2) is 5.32. The summed E-state index contributed by atoms with van der Waals surface area (Å²) in [6.45, 7) is 6.10. The predicted molar refractivity (Wildman–Crippen MR) is 66.0 cm³/mol. The SMILES string of the molecule is C=C(C)CN(C)C(=O)c1cc(Cl)nc(Cl)c1. The lowest BCUT2D eigenvalue weighted by atomic mass is 10.2. The minimum Gasteiger partial charge on any atom is -0.338 e. The summed E-state index contributed by atoms with van der Waals surface area (Å²) in [5.74, 6) is -0.158. The minimum absolute atomic E-state index is 0.158. The van der Waals surface area contributed by atoms with Gasteiger partial charge in [-0.15, -0.1) is 0 Å². The monoisotopic (exact) mass is 258 g/mol. The van der Waals surface area contributed by atoms with Gasteiger partial charge in [-0.1, -0.05) is 35.4 Å². The van der Waals surface area contributed by atoms with Crippen molar-refractivity contribution in [2.24, 2.45) is 0 Å². The molecule has 1 aromatic rings. The van der Waals surface area contributed by atoms with Crippen LogP contribution in [0.15, 0.2) is 24.3 Å². The second-order valence-electron chi connectivity index (χ2n) is 3.62. The molecule has 0 N–H and O–H groups in total. The van der Waals surface area contributed by atoms with Gasteiger partial charge < -0.3 is 4.90 Å². The van der Waals surface area contributed by atoms with Gasteiger partial charge in [-0.2, -0.15) is 0 Å². The predicted octanol–water partition coefficient (Wildman–Crippen LogP) is 3.04. The van der Waals surface area contributed by atoms with E-state index in [0.717, 1.165) is 5.57 Å². The molecule has 0 unspecified atom stereocenters. The van der Waals surface area contributed by atoms with Crippen molar-refractivity contribution >= 4 is 29.1 Å². The zero-order valence-electron chi connectivity index (χ0n) is 9.13. The van der Waals surface area contributed by atoms with Crippen molar-refractivity contribution < 1.29 is 4.79 Å². The topological polar surface area (TPSA) is 33.2 Å². The fourth-order valence-electron chi connectivity index (χ4n) is 1.29. The lowest BCUT2D eigenvalue weighted by molar-refractivity contribution is 0.0807. The molecule has 0 saturated carbocycles. The summed E-state index contributed by atoms with van der Waals surface area (Å²) in [5.41, 5.74) is 1.33. The number of rotatable bonds is 3. The average molecular weight is 259 g/mol. The summed E-state index contributed by atoms with van der Waals surface area (Å²) in [7, 11) is 1.69. The molecule has 0 fully saturated rings. The Morgan fingerprint density at radius 3 is 2.38 bits per heavy atom. The van der Waals surface area contributed by atoms with Crippen LogP contribution in [0.25, 0.3) is 0 Å². The first-order valence-electron chi connectivity index (χ1n) is 4.63. The Kier molecular flexibility index (Phi) is 4.33. The molecule has 0 aliphatic heterocycles. The van der Waals surface area contributed by atoms with Crippen LogP contribution in [0.3, 0.4) is 0 Å². The van der Waals surface area contributed by atoms with Gasteiger partial charge >= 0.3 is 0 Å². The normalized spacial score (nSPS) is 10.0. The molecule has 1 heterocycles. The van der Waals surface area contributed by atoms with E-state index in [2.05, 4.69) is 11.6 Å². The first-order chi connectivity index (χ1) is 7.40. The van der Waals surface area contributed by atoms with Gasteiger partial charge in [-0.25, -0.2) is 4.98 Å². The van der Waals surface area contributed by atoms with Crippen molar-refractivity contribution in [2.45, 2.75) is 6.92 Å². The van der Waals surface area contributed by atoms with Crippen LogP contribution in [0.1, 0.15) is 17.3 Å². The second-order valence-corrected chi connectivity index (χ2v) is 4.39. The Labute approximate surface area is 105 Å². The lowest BCUT2D eigenvalue weighted by Crippen LogP contribution is -2.28. The van der Waals surface area contributed by atoms with Crippen molar-refractivity contribution in [3.8, 4) is 0 Å². The largest absolute Gasteiger partial charge is 0.338 e. The number of hydrogen-bond donors (Lipinski definition) is 0. The summed E-state index contributed by atoms with van der Waals surface area (Å²) in [6.07, 6.45) is 0. The molecule has 0 saturated heterocycles. The third-order valence-electron chi connectivity index (χ3n) is 1.86. The quantitative estimate of drug-likeness (QED) is 0.617. The van der Waals surface area contributed by atoms with Crippen molar-refractivity contribution in [1.29, 1.82) is 0 Å². The molecule has 16 heavy (non-hydrogen) atoms. The van der Waals surface area contributed by atoms with Gasteiger partial charge in [-0.05, 0) is 19.1 Å². The highest BCUT2D eigenvalue weighted by molar-refractivity contribution is 6.33. The van der Waals surface area contributed by atoms with E-state index in [-0.39, 0.29) is 16.2 Å². The van der Waals surface area contributed by atoms with Crippen LogP contribution in [-0.4, -0.2) is 29.4 Å². The smallest absolute Gasteiger partial charge is 0.254 e. The Morgan fingerprint density at radius 2 is 1.94 bits per heavy atom. The van der Waals surface area contributed by atoms with Crippen molar-refractivity contribution in [1.82, 2.24) is 9.88 Å². The van der Waals surface area contributed by atoms with Crippen molar-refractivity contribution in [3.63, 3.8) is 0 Å². The fourth-order valence-corrected chi connectivity index (χ4v) is 1.75. The third-order valence-corrected chi connectivity index (χ3v) is 2.25. The Balaban J connectivity index is 2.91. The van der Waals surface area contributed by atoms with Gasteiger partial charge in [0.25, 0.3) is 5.91 Å². The molecule has 0 aliphatic carbocycles. The first-order valence-corrected chi connectivity index (χ1v) is 5.38. The molecule has 0 bridgehead atoms. The summed E-state index contributed by atoms with van der Waals surface area (Å²) >= 11 is 11.4. The van der Waals surface area contributed by atoms with Gasteiger partial charge in [0, 0.05) is 19.2 Å². The molecule has 0 radical (unpaired) electrons. The van der Waals surface area contributed by atoms with E-state index in [0.29, 0.717) is 12.1 Å². The molecule has 1 aromatic heterocycles. The number of hydrogen-bond acceptors (Lipinski definition) is 2. The third kappa shape index (κ3) is 3.51. The highest BCUT2D eigenvalue weighted by Gasteiger charge is 2.13. The Hall–Kier alpha value is -1.06. The highest BCUT2D eigenvalue weighted by Crippen LogP contribution is 2.16. The number of likely N-dealkylation sites (N-methyl/N-ethyl adjacent to an activating group) is 1. The molecular weight excluding hydrogens is 247 g/mol. The minimum atomic E-state index is -0.158. The van der Waals surface area contributed by atoms with E-state index in [9.17, 15) is 4.79 Å². The van der Waals surface area contributed by atoms with Gasteiger partial charge in [0.2, 0.25) is 0 Å². The molecule has 0 aliphatic rings. The van der Waals surface area contributed by atoms with Crippen LogP contribution in [0.2, 0.25) is 10.3 Å². The van der Waals surface area contributed by atoms with Crippen LogP contribution in [0, 0.1) is 0 Å². The van der Waals surface area contributed by atoms with Crippen molar-refractivity contribution in [3.05, 3.63) is 40.2 Å². The van der Waals surface area contributed by atoms with Gasteiger partial charge in [-0.3, -0.25) is 4.79 Å². The number of amides is 1. The van der Waals surface area contributed by atoms with Crippen LogP contribution < -0.4 is 0 Å². The zero-order valence-corrected chi connectivity index (χ0v) is 10.6. The first kappa shape index (κ1) is 13.0. The molecule has 0 spiro atoms. The molecule has 1 amide bonds. The van der Waals surface area contributed by atoms with E-state index in [1.807, 2.05) is 6.92 Å². The van der Waals surface area contributed by atoms with E-state index in [1.54, 1.807) is 11.9 Å². The number of aromatic nitrogens is 1. The Morgan fingerprint density at radius 1 is 1.44 bits per heavy atom. The lowest BCUT2D eigenvalue weighted by Gasteiger charge is -2.17. The van der Waals surface area contributed by atoms with E-state index in [1.165, 1.54) is 12.1 Å². The number of halogens is 2. The van der Waals surface area contributed by atoms with Gasteiger partial charge in [0.15, 0.2) is 0 Å². The number of pyridine rings is 1. The van der Waals surface area contributed by atoms with Crippen molar-refractivity contribution in [2.75, 3.05) is 13.6 Å². The summed E-state index contributed by atoms with van der Waals surface area (Å²) in [6, 6.07) is 2.98. The molecule has 3 nitrogen and oxygen atoms in total. The molecule has 0 atom stereocenters. The number of carbonyl (C=O) groups is 1. The van der Waals surface area contributed by atoms with Gasteiger partial charge in [0.05, 0.1) is 0 Å². The standard InChI is InChI=1S/C11H12Cl2N2O/c1-7(2)6-15(3)11(16)8-4-9(12)14-10(13)5-8/h4-5H,1,6H2,2-3H3. The summed E-state index contributed by atoms with van der Waals surface area (Å²) in [5, 5.41) is 0.416. The molecule has 5 heteroatoms. The van der Waals surface area contributed by atoms with Gasteiger partial charge in [0.1, 0.15) is 10.3 Å². The van der Waals surface area contributed by atoms with Crippen LogP contribution in [0.4, 0.5) is 0 Å². The molecular formula is C11H12Cl2N2O. The van der Waals surface area contributed by atoms with E-state index >= 15 is 0 Å². The maximum Gasteiger partial charge on any atom is 0.254 e. The summed E-state index contributed by atoms with van der Waals surface area (Å²) in [4.78, 5) is 17.2. The van der Waals surface area contributed by atoms with E-state index in [4.69, 9.17) is 23.2 Å². The number of carbonyl (C=O) groups excluding carboxylic acids is 1. The highest BCUT2D eigenvalue weighted by atomic mass is 35.5. The maximum atomic E-state index is 11.9. The maximum absolute atomic E-state index is 11.9. The Bertz CT molecular complexity index is 412. The number of nitrogens with zero attached hydrogens (tertiary/aromatic N) is 2. The van der Waals surface area contributed by atoms with Crippen LogP contribution >= 0.6 is 23.2 Å². The van der Waals surface area contributed by atoms with E-state index < -0.39 is 0 Å². The average Bonchev–Trinajstić information content (AvgIpc) is 2.13. The fraction of sp³-hybridized carbons (Fsp3) is 0.273. The zero-order chi connectivity index (χ0) is 12.3. The molecule has 1 rings (SSSR count).